The number of benzene rings is 2. The fourth-order valence-corrected chi connectivity index (χ4v) is 5.18. The third kappa shape index (κ3) is 5.12. The van der Waals surface area contributed by atoms with Crippen LogP contribution in [0.4, 0.5) is 0 Å². The Labute approximate surface area is 165 Å². The molecule has 0 bridgehead atoms. The predicted octanol–water partition coefficient (Wildman–Crippen LogP) is 2.84. The van der Waals surface area contributed by atoms with Gasteiger partial charge in [-0.1, -0.05) is 42.5 Å². The highest BCUT2D eigenvalue weighted by molar-refractivity contribution is 7.97. The minimum atomic E-state index is -3.37. The molecule has 0 aromatic heterocycles. The first kappa shape index (κ1) is 19.9. The Kier molecular flexibility index (Phi) is 6.57. The summed E-state index contributed by atoms with van der Waals surface area (Å²) < 4.78 is 26.7. The van der Waals surface area contributed by atoms with E-state index < -0.39 is 10.0 Å². The molecule has 1 amide bonds. The van der Waals surface area contributed by atoms with E-state index in [4.69, 9.17) is 0 Å². The van der Waals surface area contributed by atoms with E-state index in [1.54, 1.807) is 16.7 Å². The van der Waals surface area contributed by atoms with Crippen molar-refractivity contribution in [3.05, 3.63) is 71.3 Å². The van der Waals surface area contributed by atoms with Crippen LogP contribution in [0.1, 0.15) is 21.5 Å². The summed E-state index contributed by atoms with van der Waals surface area (Å²) in [4.78, 5) is 14.4. The summed E-state index contributed by atoms with van der Waals surface area (Å²) in [6.45, 7) is 1.51. The van der Waals surface area contributed by atoms with Gasteiger partial charge in [-0.3, -0.25) is 4.79 Å². The van der Waals surface area contributed by atoms with Crippen molar-refractivity contribution in [2.45, 2.75) is 11.5 Å². The molecule has 144 valence electrons. The van der Waals surface area contributed by atoms with Crippen molar-refractivity contribution in [2.24, 2.45) is 0 Å². The molecule has 0 saturated carbocycles. The van der Waals surface area contributed by atoms with Crippen LogP contribution < -0.4 is 0 Å². The largest absolute Gasteiger partial charge is 0.336 e. The Bertz CT molecular complexity index is 860. The molecule has 5 nitrogen and oxygen atoms in total. The molecule has 2 aromatic rings. The van der Waals surface area contributed by atoms with Gasteiger partial charge in [-0.05, 0) is 29.5 Å². The Balaban J connectivity index is 1.58. The lowest BCUT2D eigenvalue weighted by molar-refractivity contribution is 0.0698. The predicted molar refractivity (Wildman–Crippen MR) is 110 cm³/mol. The second-order valence-electron chi connectivity index (χ2n) is 6.56. The van der Waals surface area contributed by atoms with Gasteiger partial charge >= 0.3 is 0 Å². The number of thioether (sulfide) groups is 1. The van der Waals surface area contributed by atoms with Crippen molar-refractivity contribution in [1.82, 2.24) is 9.21 Å². The van der Waals surface area contributed by atoms with Crippen molar-refractivity contribution in [2.75, 3.05) is 32.4 Å². The maximum Gasteiger partial charge on any atom is 0.253 e. The first-order valence-electron chi connectivity index (χ1n) is 8.88. The number of hydrogen-bond donors (Lipinski definition) is 0. The second-order valence-corrected chi connectivity index (χ2v) is 9.40. The number of nitrogens with zero attached hydrogens (tertiary/aromatic N) is 2. The Morgan fingerprint density at radius 3 is 2.15 bits per heavy atom. The summed E-state index contributed by atoms with van der Waals surface area (Å²) in [6, 6.07) is 16.8. The first-order chi connectivity index (χ1) is 13.0. The molecular weight excluding hydrogens is 380 g/mol. The Morgan fingerprint density at radius 1 is 0.926 bits per heavy atom. The van der Waals surface area contributed by atoms with Crippen molar-refractivity contribution >= 4 is 27.7 Å². The molecule has 2 aromatic carbocycles. The molecule has 1 heterocycles. The summed E-state index contributed by atoms with van der Waals surface area (Å²) in [5.74, 6) is 0.885. The lowest BCUT2D eigenvalue weighted by atomic mass is 10.1. The molecule has 0 aliphatic carbocycles. The Morgan fingerprint density at radius 2 is 1.56 bits per heavy atom. The highest BCUT2D eigenvalue weighted by atomic mass is 32.2. The van der Waals surface area contributed by atoms with Crippen molar-refractivity contribution in [3.8, 4) is 0 Å². The van der Waals surface area contributed by atoms with Gasteiger partial charge in [0.25, 0.3) is 5.91 Å². The van der Waals surface area contributed by atoms with Gasteiger partial charge in [-0.15, -0.1) is 0 Å². The number of amides is 1. The van der Waals surface area contributed by atoms with Gasteiger partial charge in [0.1, 0.15) is 0 Å². The van der Waals surface area contributed by atoms with Crippen LogP contribution in [-0.4, -0.2) is 56.0 Å². The minimum Gasteiger partial charge on any atom is -0.336 e. The molecular formula is C20H24N2O3S2. The van der Waals surface area contributed by atoms with Crippen LogP contribution in [-0.2, 0) is 21.5 Å². The van der Waals surface area contributed by atoms with Crippen molar-refractivity contribution in [1.29, 1.82) is 0 Å². The van der Waals surface area contributed by atoms with Gasteiger partial charge in [-0.25, -0.2) is 8.42 Å². The summed E-state index contributed by atoms with van der Waals surface area (Å²) in [6.07, 6.45) is 2.05. The summed E-state index contributed by atoms with van der Waals surface area (Å²) in [7, 11) is -3.37. The molecule has 1 aliphatic rings. The summed E-state index contributed by atoms with van der Waals surface area (Å²) in [5.41, 5.74) is 2.62. The SMILES string of the molecule is CSCc1ccc(C(=O)N2CCN(S(=O)(=O)Cc3ccccc3)CC2)cc1. The molecule has 0 N–H and O–H groups in total. The summed E-state index contributed by atoms with van der Waals surface area (Å²) in [5, 5.41) is 0. The molecule has 27 heavy (non-hydrogen) atoms. The number of sulfonamides is 1. The van der Waals surface area contributed by atoms with Gasteiger partial charge in [0.15, 0.2) is 0 Å². The molecule has 1 saturated heterocycles. The number of carbonyl (C=O) groups excluding carboxylic acids is 1. The molecule has 7 heteroatoms. The lowest BCUT2D eigenvalue weighted by Gasteiger charge is -2.34. The zero-order valence-corrected chi connectivity index (χ0v) is 17.0. The average Bonchev–Trinajstić information content (AvgIpc) is 2.69. The normalized spacial score (nSPS) is 15.7. The van der Waals surface area contributed by atoms with E-state index in [0.29, 0.717) is 31.7 Å². The first-order valence-corrected chi connectivity index (χ1v) is 11.9. The third-order valence-electron chi connectivity index (χ3n) is 4.62. The maximum absolute atomic E-state index is 12.7. The zero-order chi connectivity index (χ0) is 19.3. The van der Waals surface area contributed by atoms with Crippen LogP contribution in [0, 0.1) is 0 Å². The molecule has 0 atom stereocenters. The molecule has 0 unspecified atom stereocenters. The number of hydrogen-bond acceptors (Lipinski definition) is 4. The van der Waals surface area contributed by atoms with Crippen LogP contribution in [0.25, 0.3) is 0 Å². The average molecular weight is 405 g/mol. The lowest BCUT2D eigenvalue weighted by Crippen LogP contribution is -2.50. The standard InChI is InChI=1S/C20H24N2O3S2/c1-26-15-17-7-9-19(10-8-17)20(23)21-11-13-22(14-12-21)27(24,25)16-18-5-3-2-4-6-18/h2-10H,11-16H2,1H3. The summed E-state index contributed by atoms with van der Waals surface area (Å²) >= 11 is 1.74. The Hall–Kier alpha value is -1.83. The van der Waals surface area contributed by atoms with Crippen LogP contribution in [0.2, 0.25) is 0 Å². The maximum atomic E-state index is 12.7. The molecule has 3 rings (SSSR count). The van der Waals surface area contributed by atoms with Gasteiger partial charge in [0, 0.05) is 37.5 Å². The van der Waals surface area contributed by atoms with E-state index in [1.165, 1.54) is 9.87 Å². The third-order valence-corrected chi connectivity index (χ3v) is 7.10. The number of carbonyl (C=O) groups is 1. The van der Waals surface area contributed by atoms with E-state index in [2.05, 4.69) is 0 Å². The number of piperazine rings is 1. The van der Waals surface area contributed by atoms with Crippen LogP contribution in [0.15, 0.2) is 54.6 Å². The van der Waals surface area contributed by atoms with E-state index in [0.717, 1.165) is 11.3 Å². The van der Waals surface area contributed by atoms with Crippen molar-refractivity contribution < 1.29 is 13.2 Å². The smallest absolute Gasteiger partial charge is 0.253 e. The van der Waals surface area contributed by atoms with E-state index in [-0.39, 0.29) is 11.7 Å². The van der Waals surface area contributed by atoms with Gasteiger partial charge in [0.2, 0.25) is 10.0 Å². The van der Waals surface area contributed by atoms with Gasteiger partial charge in [-0.2, -0.15) is 16.1 Å². The highest BCUT2D eigenvalue weighted by Gasteiger charge is 2.29. The molecule has 0 spiro atoms. The van der Waals surface area contributed by atoms with E-state index in [1.807, 2.05) is 60.9 Å². The quantitative estimate of drug-likeness (QED) is 0.743. The van der Waals surface area contributed by atoms with Gasteiger partial charge < -0.3 is 4.90 Å². The van der Waals surface area contributed by atoms with E-state index >= 15 is 0 Å². The topological polar surface area (TPSA) is 57.7 Å². The molecule has 1 fully saturated rings. The fourth-order valence-electron chi connectivity index (χ4n) is 3.14. The minimum absolute atomic E-state index is 0.00130. The molecule has 1 aliphatic heterocycles. The van der Waals surface area contributed by atoms with Crippen molar-refractivity contribution in [3.63, 3.8) is 0 Å². The fraction of sp³-hybridized carbons (Fsp3) is 0.350. The zero-order valence-electron chi connectivity index (χ0n) is 15.4. The highest BCUT2D eigenvalue weighted by Crippen LogP contribution is 2.16. The number of rotatable bonds is 6. The van der Waals surface area contributed by atoms with Crippen LogP contribution >= 0.6 is 11.8 Å². The second kappa shape index (κ2) is 8.91. The van der Waals surface area contributed by atoms with Crippen LogP contribution in [0.5, 0.6) is 0 Å². The van der Waals surface area contributed by atoms with E-state index in [9.17, 15) is 13.2 Å². The van der Waals surface area contributed by atoms with Crippen LogP contribution in [0.3, 0.4) is 0 Å². The monoisotopic (exact) mass is 404 g/mol. The molecule has 0 radical (unpaired) electrons. The van der Waals surface area contributed by atoms with Gasteiger partial charge in [0.05, 0.1) is 5.75 Å².